The molecule has 0 fully saturated rings. The Morgan fingerprint density at radius 2 is 0.812 bits per heavy atom. The van der Waals surface area contributed by atoms with Gasteiger partial charge in [0, 0.05) is 27.5 Å². The van der Waals surface area contributed by atoms with Crippen LogP contribution in [0.25, 0.3) is 89.0 Å². The van der Waals surface area contributed by atoms with E-state index in [1.807, 2.05) is 48.5 Å². The Morgan fingerprint density at radius 3 is 1.46 bits per heavy atom. The molecule has 48 heavy (non-hydrogen) atoms. The van der Waals surface area contributed by atoms with E-state index in [2.05, 4.69) is 121 Å². The molecule has 0 amide bonds. The van der Waals surface area contributed by atoms with Gasteiger partial charge in [0.2, 0.25) is 0 Å². The summed E-state index contributed by atoms with van der Waals surface area (Å²) in [4.78, 5) is 20.2. The molecule has 0 aliphatic carbocycles. The number of fused-ring (bicyclic) bond motifs is 3. The van der Waals surface area contributed by atoms with Gasteiger partial charge in [-0.3, -0.25) is 0 Å². The standard InChI is InChI=1S/C44H28N4/c1-3-11-30(12-4-1)42-28-43(31-13-5-2-6-14-31)48-44(47-42)39-25-23-33-19-21-35(27-41(33)46-39)34-20-18-32-22-24-38(45-40(32)26-34)37-17-9-15-29-10-7-8-16-36(29)37/h1-28H. The first kappa shape index (κ1) is 27.8. The van der Waals surface area contributed by atoms with Crippen molar-refractivity contribution in [3.05, 3.63) is 170 Å². The summed E-state index contributed by atoms with van der Waals surface area (Å²) in [5.41, 5.74) is 10.6. The molecular formula is C44H28N4. The lowest BCUT2D eigenvalue weighted by Crippen LogP contribution is -1.97. The molecule has 0 saturated carbocycles. The van der Waals surface area contributed by atoms with Crippen LogP contribution in [0.2, 0.25) is 0 Å². The lowest BCUT2D eigenvalue weighted by atomic mass is 9.99. The maximum atomic E-state index is 5.13. The normalized spacial score (nSPS) is 11.3. The topological polar surface area (TPSA) is 51.6 Å². The largest absolute Gasteiger partial charge is 0.248 e. The molecule has 0 bridgehead atoms. The Hall–Kier alpha value is -6.52. The quantitative estimate of drug-likeness (QED) is 0.194. The summed E-state index contributed by atoms with van der Waals surface area (Å²) in [6.07, 6.45) is 0. The third-order valence-corrected chi connectivity index (χ3v) is 8.88. The summed E-state index contributed by atoms with van der Waals surface area (Å²) in [6, 6.07) is 58.6. The zero-order valence-electron chi connectivity index (χ0n) is 26.0. The predicted molar refractivity (Wildman–Crippen MR) is 197 cm³/mol. The fraction of sp³-hybridized carbons (Fsp3) is 0. The molecule has 4 nitrogen and oxygen atoms in total. The average Bonchev–Trinajstić information content (AvgIpc) is 3.17. The zero-order valence-corrected chi connectivity index (χ0v) is 26.0. The van der Waals surface area contributed by atoms with Crippen LogP contribution in [0.1, 0.15) is 0 Å². The molecule has 224 valence electrons. The molecular weight excluding hydrogens is 585 g/mol. The van der Waals surface area contributed by atoms with E-state index in [1.165, 1.54) is 10.8 Å². The summed E-state index contributed by atoms with van der Waals surface area (Å²) >= 11 is 0. The van der Waals surface area contributed by atoms with E-state index >= 15 is 0 Å². The number of hydrogen-bond donors (Lipinski definition) is 0. The predicted octanol–water partition coefficient (Wildman–Crippen LogP) is 11.1. The minimum atomic E-state index is 0.596. The van der Waals surface area contributed by atoms with E-state index < -0.39 is 0 Å². The van der Waals surface area contributed by atoms with E-state index in [9.17, 15) is 0 Å². The number of hydrogen-bond acceptors (Lipinski definition) is 4. The second-order valence-electron chi connectivity index (χ2n) is 11.9. The van der Waals surface area contributed by atoms with Crippen molar-refractivity contribution in [2.75, 3.05) is 0 Å². The van der Waals surface area contributed by atoms with Gasteiger partial charge >= 0.3 is 0 Å². The molecule has 0 saturated heterocycles. The molecule has 0 unspecified atom stereocenters. The molecule has 6 aromatic carbocycles. The molecule has 9 aromatic rings. The lowest BCUT2D eigenvalue weighted by molar-refractivity contribution is 1.16. The van der Waals surface area contributed by atoms with Crippen molar-refractivity contribution >= 4 is 32.6 Å². The van der Waals surface area contributed by atoms with Crippen LogP contribution >= 0.6 is 0 Å². The van der Waals surface area contributed by atoms with Crippen molar-refractivity contribution in [1.29, 1.82) is 0 Å². The minimum Gasteiger partial charge on any atom is -0.248 e. The monoisotopic (exact) mass is 612 g/mol. The van der Waals surface area contributed by atoms with E-state index in [0.717, 1.165) is 72.4 Å². The van der Waals surface area contributed by atoms with Gasteiger partial charge in [-0.15, -0.1) is 0 Å². The molecule has 9 rings (SSSR count). The SMILES string of the molecule is c1ccc(-c2cc(-c3ccccc3)nc(-c3ccc4ccc(-c5ccc6ccc(-c7cccc8ccccc78)nc6c5)cc4n3)n2)cc1. The molecule has 0 aliphatic rings. The van der Waals surface area contributed by atoms with E-state index in [0.29, 0.717) is 5.82 Å². The van der Waals surface area contributed by atoms with Crippen molar-refractivity contribution in [3.8, 4) is 56.4 Å². The molecule has 0 atom stereocenters. The van der Waals surface area contributed by atoms with Gasteiger partial charge < -0.3 is 0 Å². The van der Waals surface area contributed by atoms with Gasteiger partial charge in [-0.2, -0.15) is 0 Å². The van der Waals surface area contributed by atoms with Crippen LogP contribution in [-0.4, -0.2) is 19.9 Å². The van der Waals surface area contributed by atoms with Crippen molar-refractivity contribution in [2.24, 2.45) is 0 Å². The fourth-order valence-electron chi connectivity index (χ4n) is 6.39. The minimum absolute atomic E-state index is 0.596. The van der Waals surface area contributed by atoms with Crippen LogP contribution in [0.5, 0.6) is 0 Å². The van der Waals surface area contributed by atoms with Gasteiger partial charge in [0.15, 0.2) is 5.82 Å². The van der Waals surface area contributed by atoms with Gasteiger partial charge in [-0.1, -0.05) is 140 Å². The maximum Gasteiger partial charge on any atom is 0.179 e. The van der Waals surface area contributed by atoms with E-state index in [4.69, 9.17) is 19.9 Å². The van der Waals surface area contributed by atoms with Crippen LogP contribution < -0.4 is 0 Å². The molecule has 0 aliphatic heterocycles. The Kier molecular flexibility index (Phi) is 6.76. The van der Waals surface area contributed by atoms with E-state index in [-0.39, 0.29) is 0 Å². The van der Waals surface area contributed by atoms with Gasteiger partial charge in [-0.25, -0.2) is 19.9 Å². The number of pyridine rings is 2. The van der Waals surface area contributed by atoms with Gasteiger partial charge in [0.05, 0.1) is 28.1 Å². The highest BCUT2D eigenvalue weighted by Crippen LogP contribution is 2.32. The summed E-state index contributed by atoms with van der Waals surface area (Å²) in [6.45, 7) is 0. The highest BCUT2D eigenvalue weighted by molar-refractivity contribution is 5.97. The third kappa shape index (κ3) is 5.16. The van der Waals surface area contributed by atoms with Gasteiger partial charge in [0.25, 0.3) is 0 Å². The molecule has 0 radical (unpaired) electrons. The Morgan fingerprint density at radius 1 is 0.292 bits per heavy atom. The highest BCUT2D eigenvalue weighted by atomic mass is 14.9. The molecule has 0 N–H and O–H groups in total. The van der Waals surface area contributed by atoms with Crippen molar-refractivity contribution in [2.45, 2.75) is 0 Å². The van der Waals surface area contributed by atoms with Gasteiger partial charge in [0.1, 0.15) is 5.69 Å². The second-order valence-corrected chi connectivity index (χ2v) is 11.9. The first-order valence-electron chi connectivity index (χ1n) is 16.1. The van der Waals surface area contributed by atoms with Crippen LogP contribution in [0.4, 0.5) is 0 Å². The molecule has 0 spiro atoms. The number of rotatable bonds is 5. The lowest BCUT2D eigenvalue weighted by Gasteiger charge is -2.10. The summed E-state index contributed by atoms with van der Waals surface area (Å²) in [7, 11) is 0. The summed E-state index contributed by atoms with van der Waals surface area (Å²) in [5, 5.41) is 4.58. The third-order valence-electron chi connectivity index (χ3n) is 8.88. The average molecular weight is 613 g/mol. The second kappa shape index (κ2) is 11.7. The molecule has 3 heterocycles. The highest BCUT2D eigenvalue weighted by Gasteiger charge is 2.13. The number of nitrogens with zero attached hydrogens (tertiary/aromatic N) is 4. The van der Waals surface area contributed by atoms with Crippen LogP contribution in [0, 0.1) is 0 Å². The Bertz CT molecular complexity index is 2550. The molecule has 4 heteroatoms. The zero-order chi connectivity index (χ0) is 31.9. The first-order valence-corrected chi connectivity index (χ1v) is 16.1. The van der Waals surface area contributed by atoms with Gasteiger partial charge in [-0.05, 0) is 52.2 Å². The summed E-state index contributed by atoms with van der Waals surface area (Å²) < 4.78 is 0. The first-order chi connectivity index (χ1) is 23.7. The Balaban J connectivity index is 1.12. The fourth-order valence-corrected chi connectivity index (χ4v) is 6.39. The Labute approximate surface area is 278 Å². The number of aromatic nitrogens is 4. The van der Waals surface area contributed by atoms with E-state index in [1.54, 1.807) is 0 Å². The smallest absolute Gasteiger partial charge is 0.179 e. The van der Waals surface area contributed by atoms with Crippen LogP contribution in [-0.2, 0) is 0 Å². The number of benzene rings is 6. The van der Waals surface area contributed by atoms with Crippen LogP contribution in [0.15, 0.2) is 170 Å². The van der Waals surface area contributed by atoms with Crippen molar-refractivity contribution in [1.82, 2.24) is 19.9 Å². The summed E-state index contributed by atoms with van der Waals surface area (Å²) in [5.74, 6) is 0.596. The van der Waals surface area contributed by atoms with Crippen LogP contribution in [0.3, 0.4) is 0 Å². The van der Waals surface area contributed by atoms with Crippen molar-refractivity contribution in [3.63, 3.8) is 0 Å². The molecule has 3 aromatic heterocycles. The maximum absolute atomic E-state index is 5.13. The van der Waals surface area contributed by atoms with Crippen molar-refractivity contribution < 1.29 is 0 Å².